The lowest BCUT2D eigenvalue weighted by atomic mass is 10.00. The van der Waals surface area contributed by atoms with Crippen LogP contribution in [0.25, 0.3) is 11.3 Å². The van der Waals surface area contributed by atoms with Gasteiger partial charge in [0.25, 0.3) is 0 Å². The van der Waals surface area contributed by atoms with E-state index in [1.165, 1.54) is 12.1 Å². The molecule has 0 fully saturated rings. The number of benzene rings is 1. The molecule has 0 spiro atoms. The van der Waals surface area contributed by atoms with Gasteiger partial charge < -0.3 is 10.3 Å². The molecule has 0 saturated heterocycles. The molecule has 96 valence electrons. The molecule has 0 amide bonds. The van der Waals surface area contributed by atoms with Crippen LogP contribution in [0.15, 0.2) is 27.2 Å². The van der Waals surface area contributed by atoms with Crippen LogP contribution in [0.5, 0.6) is 0 Å². The van der Waals surface area contributed by atoms with E-state index in [0.29, 0.717) is 23.1 Å². The summed E-state index contributed by atoms with van der Waals surface area (Å²) in [5.74, 6) is 0.999. The van der Waals surface area contributed by atoms with Crippen molar-refractivity contribution in [2.45, 2.75) is 20.3 Å². The number of aromatic nitrogens is 1. The fourth-order valence-corrected chi connectivity index (χ4v) is 2.24. The van der Waals surface area contributed by atoms with E-state index in [-0.39, 0.29) is 5.82 Å². The van der Waals surface area contributed by atoms with Crippen LogP contribution in [0.3, 0.4) is 0 Å². The number of nitrogen functional groups attached to an aromatic ring is 1. The topological polar surface area (TPSA) is 52.0 Å². The van der Waals surface area contributed by atoms with Crippen molar-refractivity contribution in [3.05, 3.63) is 34.1 Å². The Hall–Kier alpha value is -1.36. The first-order valence-corrected chi connectivity index (χ1v) is 6.47. The van der Waals surface area contributed by atoms with Gasteiger partial charge >= 0.3 is 0 Å². The highest BCUT2D eigenvalue weighted by atomic mass is 79.9. The van der Waals surface area contributed by atoms with Gasteiger partial charge in [-0.25, -0.2) is 4.39 Å². The molecule has 1 heterocycles. The highest BCUT2D eigenvalue weighted by molar-refractivity contribution is 9.10. The Balaban J connectivity index is 2.53. The van der Waals surface area contributed by atoms with Crippen LogP contribution < -0.4 is 5.73 Å². The predicted molar refractivity (Wildman–Crippen MR) is 72.6 cm³/mol. The minimum atomic E-state index is -0.321. The van der Waals surface area contributed by atoms with Crippen LogP contribution in [-0.4, -0.2) is 5.16 Å². The minimum Gasteiger partial charge on any atom is -0.381 e. The van der Waals surface area contributed by atoms with Crippen LogP contribution in [0.2, 0.25) is 0 Å². The number of rotatable bonds is 3. The van der Waals surface area contributed by atoms with Gasteiger partial charge in [0.1, 0.15) is 5.82 Å². The van der Waals surface area contributed by atoms with E-state index in [1.54, 1.807) is 6.07 Å². The standard InChI is InChI=1S/C13H14BrFN2O/c1-7(2)5-10-12(18-17-13(10)16)9-6-8(15)3-4-11(9)14/h3-4,6-7H,5H2,1-2H3,(H2,16,17). The van der Waals surface area contributed by atoms with E-state index < -0.39 is 0 Å². The first-order chi connectivity index (χ1) is 8.49. The molecule has 3 nitrogen and oxygen atoms in total. The van der Waals surface area contributed by atoms with E-state index in [2.05, 4.69) is 34.9 Å². The summed E-state index contributed by atoms with van der Waals surface area (Å²) in [5, 5.41) is 3.78. The number of nitrogens with zero attached hydrogens (tertiary/aromatic N) is 1. The zero-order valence-electron chi connectivity index (χ0n) is 10.2. The summed E-state index contributed by atoms with van der Waals surface area (Å²) in [6, 6.07) is 4.44. The molecule has 0 unspecified atom stereocenters. The average molecular weight is 313 g/mol. The van der Waals surface area contributed by atoms with Crippen LogP contribution in [-0.2, 0) is 6.42 Å². The van der Waals surface area contributed by atoms with Crippen LogP contribution in [0, 0.1) is 11.7 Å². The quantitative estimate of drug-likeness (QED) is 0.931. The Labute approximate surface area is 113 Å². The smallest absolute Gasteiger partial charge is 0.173 e. The SMILES string of the molecule is CC(C)Cc1c(N)noc1-c1cc(F)ccc1Br. The molecule has 1 aromatic carbocycles. The second-order valence-corrected chi connectivity index (χ2v) is 5.45. The minimum absolute atomic E-state index is 0.321. The van der Waals surface area contributed by atoms with Gasteiger partial charge in [-0.05, 0) is 30.5 Å². The largest absolute Gasteiger partial charge is 0.381 e. The van der Waals surface area contributed by atoms with Crippen molar-refractivity contribution in [2.24, 2.45) is 5.92 Å². The van der Waals surface area contributed by atoms with Gasteiger partial charge in [0.05, 0.1) is 0 Å². The monoisotopic (exact) mass is 312 g/mol. The van der Waals surface area contributed by atoms with E-state index >= 15 is 0 Å². The zero-order valence-corrected chi connectivity index (χ0v) is 11.8. The van der Waals surface area contributed by atoms with Gasteiger partial charge in [-0.2, -0.15) is 0 Å². The Morgan fingerprint density at radius 2 is 2.17 bits per heavy atom. The Morgan fingerprint density at radius 3 is 2.83 bits per heavy atom. The third-order valence-corrected chi connectivity index (χ3v) is 3.30. The summed E-state index contributed by atoms with van der Waals surface area (Å²) in [4.78, 5) is 0. The van der Waals surface area contributed by atoms with Crippen LogP contribution in [0.4, 0.5) is 10.2 Å². The van der Waals surface area contributed by atoms with E-state index in [1.807, 2.05) is 0 Å². The fraction of sp³-hybridized carbons (Fsp3) is 0.308. The molecule has 0 aliphatic carbocycles. The molecule has 0 atom stereocenters. The molecule has 0 aliphatic rings. The highest BCUT2D eigenvalue weighted by Gasteiger charge is 2.19. The molecule has 2 N–H and O–H groups in total. The maximum Gasteiger partial charge on any atom is 0.173 e. The van der Waals surface area contributed by atoms with Crippen molar-refractivity contribution in [3.8, 4) is 11.3 Å². The number of hydrogen-bond donors (Lipinski definition) is 1. The normalized spacial score (nSPS) is 11.2. The van der Waals surface area contributed by atoms with Crippen molar-refractivity contribution in [3.63, 3.8) is 0 Å². The number of anilines is 1. The molecular weight excluding hydrogens is 299 g/mol. The highest BCUT2D eigenvalue weighted by Crippen LogP contribution is 2.34. The van der Waals surface area contributed by atoms with Crippen LogP contribution >= 0.6 is 15.9 Å². The van der Waals surface area contributed by atoms with E-state index in [9.17, 15) is 4.39 Å². The Kier molecular flexibility index (Phi) is 3.71. The summed E-state index contributed by atoms with van der Waals surface area (Å²) in [5.41, 5.74) is 7.27. The van der Waals surface area contributed by atoms with Crippen molar-refractivity contribution in [1.29, 1.82) is 0 Å². The first-order valence-electron chi connectivity index (χ1n) is 5.68. The lowest BCUT2D eigenvalue weighted by Crippen LogP contribution is -1.99. The van der Waals surface area contributed by atoms with Crippen LogP contribution in [0.1, 0.15) is 19.4 Å². The van der Waals surface area contributed by atoms with Crippen molar-refractivity contribution >= 4 is 21.7 Å². The van der Waals surface area contributed by atoms with Gasteiger partial charge in [0, 0.05) is 15.6 Å². The molecular formula is C13H14BrFN2O. The predicted octanol–water partition coefficient (Wildman–Crippen LogP) is 4.02. The third-order valence-electron chi connectivity index (χ3n) is 2.60. The van der Waals surface area contributed by atoms with Crippen molar-refractivity contribution in [2.75, 3.05) is 5.73 Å². The summed E-state index contributed by atoms with van der Waals surface area (Å²) >= 11 is 3.38. The van der Waals surface area contributed by atoms with E-state index in [0.717, 1.165) is 16.5 Å². The summed E-state index contributed by atoms with van der Waals surface area (Å²) < 4.78 is 19.3. The maximum atomic E-state index is 13.3. The second kappa shape index (κ2) is 5.10. The molecule has 0 aliphatic heterocycles. The molecule has 2 aromatic rings. The molecule has 0 saturated carbocycles. The average Bonchev–Trinajstić information content (AvgIpc) is 2.64. The summed E-state index contributed by atoms with van der Waals surface area (Å²) in [6.07, 6.45) is 0.744. The molecule has 1 aromatic heterocycles. The van der Waals surface area contributed by atoms with Gasteiger partial charge in [-0.15, -0.1) is 0 Å². The fourth-order valence-electron chi connectivity index (χ4n) is 1.81. The Bertz CT molecular complexity index is 566. The van der Waals surface area contributed by atoms with Crippen molar-refractivity contribution < 1.29 is 8.91 Å². The van der Waals surface area contributed by atoms with Gasteiger partial charge in [0.2, 0.25) is 0 Å². The number of hydrogen-bond acceptors (Lipinski definition) is 3. The summed E-state index contributed by atoms with van der Waals surface area (Å²) in [7, 11) is 0. The molecule has 18 heavy (non-hydrogen) atoms. The van der Waals surface area contributed by atoms with Gasteiger partial charge in [0.15, 0.2) is 11.6 Å². The lowest BCUT2D eigenvalue weighted by molar-refractivity contribution is 0.434. The molecule has 5 heteroatoms. The molecule has 0 radical (unpaired) electrons. The third kappa shape index (κ3) is 2.56. The van der Waals surface area contributed by atoms with Crippen molar-refractivity contribution in [1.82, 2.24) is 5.16 Å². The van der Waals surface area contributed by atoms with E-state index in [4.69, 9.17) is 10.3 Å². The molecule has 0 bridgehead atoms. The molecule has 2 rings (SSSR count). The maximum absolute atomic E-state index is 13.3. The first kappa shape index (κ1) is 13.1. The van der Waals surface area contributed by atoms with Gasteiger partial charge in [-0.3, -0.25) is 0 Å². The summed E-state index contributed by atoms with van der Waals surface area (Å²) in [6.45, 7) is 4.16. The number of nitrogens with two attached hydrogens (primary N) is 1. The lowest BCUT2D eigenvalue weighted by Gasteiger charge is -2.06. The zero-order chi connectivity index (χ0) is 13.3. The number of halogens is 2. The van der Waals surface area contributed by atoms with Gasteiger partial charge in [-0.1, -0.05) is 34.9 Å². The second-order valence-electron chi connectivity index (χ2n) is 4.60. The Morgan fingerprint density at radius 1 is 1.44 bits per heavy atom.